The summed E-state index contributed by atoms with van der Waals surface area (Å²) in [6.07, 6.45) is -1.96. The minimum Gasteiger partial charge on any atom is -0.480 e. The Bertz CT molecular complexity index is 1370. The predicted molar refractivity (Wildman–Crippen MR) is 134 cm³/mol. The number of rotatable bonds is 10. The Morgan fingerprint density at radius 2 is 2.03 bits per heavy atom. The average Bonchev–Trinajstić information content (AvgIpc) is 3.35. The molecule has 0 aliphatic carbocycles. The second-order valence-electron chi connectivity index (χ2n) is 9.21. The molecule has 4 rings (SSSR count). The summed E-state index contributed by atoms with van der Waals surface area (Å²) in [6, 6.07) is 6.62. The SMILES string of the molecule is CNc1nc(N)nc2c1ncn2[C@@H]1O[C@](C)(CO[P@@](=O)(N[C@@H](C)C(=O)O)Oc2ccccc2)[C@@H](O)[C@@]1(C)F. The Morgan fingerprint density at radius 1 is 1.34 bits per heavy atom. The van der Waals surface area contributed by atoms with Gasteiger partial charge in [0.05, 0.1) is 12.9 Å². The van der Waals surface area contributed by atoms with E-state index in [2.05, 4.69) is 25.4 Å². The van der Waals surface area contributed by atoms with Crippen molar-refractivity contribution < 1.29 is 37.7 Å². The number of alkyl halides is 1. The van der Waals surface area contributed by atoms with Crippen molar-refractivity contribution in [2.24, 2.45) is 0 Å². The Kier molecular flexibility index (Phi) is 7.34. The van der Waals surface area contributed by atoms with Crippen LogP contribution in [-0.2, 0) is 18.6 Å². The molecule has 1 saturated heterocycles. The highest BCUT2D eigenvalue weighted by Crippen LogP contribution is 2.51. The van der Waals surface area contributed by atoms with E-state index in [1.807, 2.05) is 0 Å². The van der Waals surface area contributed by atoms with Crippen molar-refractivity contribution in [3.8, 4) is 5.75 Å². The summed E-state index contributed by atoms with van der Waals surface area (Å²) < 4.78 is 47.9. The molecule has 2 aromatic heterocycles. The van der Waals surface area contributed by atoms with Crippen LogP contribution < -0.4 is 20.7 Å². The fourth-order valence-corrected chi connectivity index (χ4v) is 5.69. The summed E-state index contributed by atoms with van der Waals surface area (Å²) in [5.41, 5.74) is 2.08. The number of aliphatic carboxylic acids is 1. The lowest BCUT2D eigenvalue weighted by atomic mass is 9.90. The number of nitrogen functional groups attached to an aromatic ring is 1. The standard InChI is InChI=1S/C22H29FN7O7P/c1-12(17(31)32)29-38(34,37-13-8-6-5-7-9-13)35-10-21(2)18(33)22(3,23)19(36-21)30-11-26-14-15(25-4)27-20(24)28-16(14)30/h5-9,11-12,18-19,33H,10H2,1-4H3,(H,29,34)(H,31,32)(H3,24,25,27,28)/t12-,18+,19+,21+,22+,38-/m0/s1. The van der Waals surface area contributed by atoms with E-state index in [1.54, 1.807) is 25.2 Å². The van der Waals surface area contributed by atoms with Crippen LogP contribution in [0.5, 0.6) is 5.75 Å². The number of aliphatic hydroxyl groups excluding tert-OH is 1. The van der Waals surface area contributed by atoms with Crippen molar-refractivity contribution in [3.05, 3.63) is 36.7 Å². The van der Waals surface area contributed by atoms with Gasteiger partial charge in [0.25, 0.3) is 0 Å². The van der Waals surface area contributed by atoms with E-state index in [0.29, 0.717) is 11.3 Å². The lowest BCUT2D eigenvalue weighted by molar-refractivity contribution is -0.138. The van der Waals surface area contributed by atoms with Crippen molar-refractivity contribution in [2.75, 3.05) is 24.7 Å². The maximum atomic E-state index is 16.1. The largest absolute Gasteiger partial charge is 0.480 e. The molecule has 16 heteroatoms. The van der Waals surface area contributed by atoms with E-state index in [-0.39, 0.29) is 17.3 Å². The molecular weight excluding hydrogens is 524 g/mol. The number of aromatic nitrogens is 4. The lowest BCUT2D eigenvalue weighted by Crippen LogP contribution is -2.48. The van der Waals surface area contributed by atoms with Gasteiger partial charge in [0, 0.05) is 7.05 Å². The van der Waals surface area contributed by atoms with Crippen LogP contribution in [-0.4, -0.2) is 72.8 Å². The molecule has 1 aliphatic heterocycles. The molecule has 1 aliphatic rings. The minimum atomic E-state index is -4.36. The highest BCUT2D eigenvalue weighted by atomic mass is 31.2. The Hall–Kier alpha value is -3.36. The third-order valence-corrected chi connectivity index (χ3v) is 7.74. The molecule has 38 heavy (non-hydrogen) atoms. The monoisotopic (exact) mass is 553 g/mol. The molecule has 1 fully saturated rings. The van der Waals surface area contributed by atoms with E-state index in [0.717, 1.165) is 6.92 Å². The van der Waals surface area contributed by atoms with Crippen molar-refractivity contribution in [1.82, 2.24) is 24.6 Å². The van der Waals surface area contributed by atoms with Crippen LogP contribution in [0.2, 0.25) is 0 Å². The number of imidazole rings is 1. The van der Waals surface area contributed by atoms with E-state index in [1.165, 1.54) is 36.9 Å². The minimum absolute atomic E-state index is 0.0913. The molecule has 0 spiro atoms. The first kappa shape index (κ1) is 27.7. The zero-order valence-electron chi connectivity index (χ0n) is 21.0. The van der Waals surface area contributed by atoms with Crippen LogP contribution in [0.15, 0.2) is 36.7 Å². The van der Waals surface area contributed by atoms with Gasteiger partial charge in [-0.15, -0.1) is 0 Å². The van der Waals surface area contributed by atoms with Gasteiger partial charge in [0.1, 0.15) is 23.5 Å². The number of nitrogens with zero attached hydrogens (tertiary/aromatic N) is 4. The Balaban J connectivity index is 1.63. The fourth-order valence-electron chi connectivity index (χ4n) is 4.10. The van der Waals surface area contributed by atoms with Crippen LogP contribution in [0, 0.1) is 0 Å². The number of hydrogen-bond acceptors (Lipinski definition) is 11. The normalized spacial score (nSPS) is 27.6. The number of hydrogen-bond donors (Lipinski definition) is 5. The molecule has 0 saturated carbocycles. The van der Waals surface area contributed by atoms with Crippen LogP contribution >= 0.6 is 7.75 Å². The van der Waals surface area contributed by atoms with Crippen LogP contribution in [0.1, 0.15) is 27.0 Å². The second kappa shape index (κ2) is 10.1. The van der Waals surface area contributed by atoms with Gasteiger partial charge < -0.3 is 30.5 Å². The molecule has 6 N–H and O–H groups in total. The summed E-state index contributed by atoms with van der Waals surface area (Å²) >= 11 is 0. The van der Waals surface area contributed by atoms with Gasteiger partial charge in [-0.1, -0.05) is 18.2 Å². The third-order valence-electron chi connectivity index (χ3n) is 6.12. The molecule has 206 valence electrons. The quantitative estimate of drug-likeness (QED) is 0.229. The molecule has 0 amide bonds. The summed E-state index contributed by atoms with van der Waals surface area (Å²) in [6.45, 7) is 3.11. The van der Waals surface area contributed by atoms with Gasteiger partial charge in [-0.25, -0.2) is 13.9 Å². The number of halogens is 1. The lowest BCUT2D eigenvalue weighted by Gasteiger charge is -2.30. The van der Waals surface area contributed by atoms with E-state index < -0.39 is 50.0 Å². The first-order chi connectivity index (χ1) is 17.8. The zero-order valence-corrected chi connectivity index (χ0v) is 21.9. The number of nitrogens with two attached hydrogens (primary N) is 1. The van der Waals surface area contributed by atoms with Gasteiger partial charge in [0.15, 0.2) is 28.9 Å². The number of fused-ring (bicyclic) bond motifs is 1. The molecule has 3 aromatic rings. The third kappa shape index (κ3) is 5.15. The maximum absolute atomic E-state index is 16.1. The zero-order chi connectivity index (χ0) is 27.9. The highest BCUT2D eigenvalue weighted by molar-refractivity contribution is 7.52. The van der Waals surface area contributed by atoms with Crippen molar-refractivity contribution in [3.63, 3.8) is 0 Å². The smallest absolute Gasteiger partial charge is 0.459 e. The van der Waals surface area contributed by atoms with E-state index >= 15 is 4.39 Å². The summed E-state index contributed by atoms with van der Waals surface area (Å²) in [5.74, 6) is -0.949. The molecule has 0 bridgehead atoms. The molecule has 0 radical (unpaired) electrons. The molecular formula is C22H29FN7O7P. The average molecular weight is 553 g/mol. The van der Waals surface area contributed by atoms with Gasteiger partial charge in [-0.05, 0) is 32.9 Å². The first-order valence-electron chi connectivity index (χ1n) is 11.5. The number of carbonyl (C=O) groups is 1. The molecule has 14 nitrogen and oxygen atoms in total. The number of carboxylic acid groups (broad SMARTS) is 1. The van der Waals surface area contributed by atoms with E-state index in [9.17, 15) is 19.6 Å². The topological polar surface area (TPSA) is 196 Å². The number of aliphatic hydroxyl groups is 1. The number of carboxylic acids is 1. The van der Waals surface area contributed by atoms with Gasteiger partial charge in [0.2, 0.25) is 5.95 Å². The predicted octanol–water partition coefficient (Wildman–Crippen LogP) is 2.09. The molecule has 6 atom stereocenters. The van der Waals surface area contributed by atoms with Crippen molar-refractivity contribution in [1.29, 1.82) is 0 Å². The summed E-state index contributed by atoms with van der Waals surface area (Å²) in [5, 5.41) is 25.5. The first-order valence-corrected chi connectivity index (χ1v) is 13.1. The summed E-state index contributed by atoms with van der Waals surface area (Å²) in [7, 11) is -2.75. The molecule has 1 aromatic carbocycles. The fraction of sp³-hybridized carbons (Fsp3) is 0.455. The number of benzene rings is 1. The summed E-state index contributed by atoms with van der Waals surface area (Å²) in [4.78, 5) is 23.8. The van der Waals surface area contributed by atoms with Crippen molar-refractivity contribution >= 4 is 36.6 Å². The van der Waals surface area contributed by atoms with Crippen LogP contribution in [0.25, 0.3) is 11.2 Å². The Morgan fingerprint density at radius 3 is 2.66 bits per heavy atom. The maximum Gasteiger partial charge on any atom is 0.459 e. The van der Waals surface area contributed by atoms with Gasteiger partial charge in [-0.3, -0.25) is 13.9 Å². The van der Waals surface area contributed by atoms with Crippen LogP contribution in [0.4, 0.5) is 16.2 Å². The van der Waals surface area contributed by atoms with Crippen LogP contribution in [0.3, 0.4) is 0 Å². The number of para-hydroxylation sites is 1. The van der Waals surface area contributed by atoms with Crippen molar-refractivity contribution in [2.45, 2.75) is 50.4 Å². The number of anilines is 2. The van der Waals surface area contributed by atoms with Gasteiger partial charge in [-0.2, -0.15) is 15.1 Å². The van der Waals surface area contributed by atoms with E-state index in [4.69, 9.17) is 19.5 Å². The Labute approximate surface area is 216 Å². The number of ether oxygens (including phenoxy) is 1. The van der Waals surface area contributed by atoms with Gasteiger partial charge >= 0.3 is 13.7 Å². The number of nitrogens with one attached hydrogen (secondary N) is 2. The molecule has 0 unspecified atom stereocenters. The molecule has 3 heterocycles. The highest BCUT2D eigenvalue weighted by Gasteiger charge is 2.62. The second-order valence-corrected chi connectivity index (χ2v) is 10.9.